The second-order valence-corrected chi connectivity index (χ2v) is 7.02. The van der Waals surface area contributed by atoms with Crippen molar-refractivity contribution in [2.24, 2.45) is 0 Å². The fraction of sp³-hybridized carbons (Fsp3) is 0. The zero-order valence-corrected chi connectivity index (χ0v) is 15.3. The maximum absolute atomic E-state index is 6.08. The molecule has 0 aliphatic rings. The van der Waals surface area contributed by atoms with Crippen molar-refractivity contribution < 1.29 is 0 Å². The Labute approximate surface area is 162 Å². The van der Waals surface area contributed by atoms with Crippen LogP contribution in [0.25, 0.3) is 56.0 Å². The molecule has 0 radical (unpaired) electrons. The van der Waals surface area contributed by atoms with Crippen LogP contribution in [0.1, 0.15) is 11.1 Å². The number of hydrogen-bond donors (Lipinski definition) is 4. The summed E-state index contributed by atoms with van der Waals surface area (Å²) in [4.78, 5) is 6.95. The summed E-state index contributed by atoms with van der Waals surface area (Å²) in [6.07, 6.45) is 5.78. The Morgan fingerprint density at radius 3 is 2.21 bits per heavy atom. The largest absolute Gasteiger partial charge is 0.399 e. The number of hydrogen-bond acceptors (Lipinski definition) is 2. The van der Waals surface area contributed by atoms with E-state index in [0.717, 1.165) is 66.3 Å². The number of nitrogen functional groups attached to an aromatic ring is 2. The van der Waals surface area contributed by atoms with Gasteiger partial charge in [0.1, 0.15) is 0 Å². The lowest BCUT2D eigenvalue weighted by molar-refractivity contribution is 1.47. The molecule has 0 saturated heterocycles. The molecular formula is C24H20N4. The molecule has 0 saturated carbocycles. The van der Waals surface area contributed by atoms with E-state index >= 15 is 0 Å². The van der Waals surface area contributed by atoms with Crippen molar-refractivity contribution in [1.82, 2.24) is 9.97 Å². The molecule has 136 valence electrons. The normalized spacial score (nSPS) is 11.4. The summed E-state index contributed by atoms with van der Waals surface area (Å²) < 4.78 is 0. The molecule has 2 heterocycles. The molecule has 3 aromatic carbocycles. The van der Waals surface area contributed by atoms with Crippen molar-refractivity contribution in [2.45, 2.75) is 0 Å². The van der Waals surface area contributed by atoms with Crippen molar-refractivity contribution in [3.8, 4) is 11.1 Å². The van der Waals surface area contributed by atoms with E-state index in [1.807, 2.05) is 54.7 Å². The Bertz CT molecular complexity index is 1420. The lowest BCUT2D eigenvalue weighted by atomic mass is 9.92. The summed E-state index contributed by atoms with van der Waals surface area (Å²) in [6.45, 7) is 8.08. The maximum Gasteiger partial charge on any atom is 0.0551 e. The Morgan fingerprint density at radius 1 is 0.786 bits per heavy atom. The third kappa shape index (κ3) is 2.18. The van der Waals surface area contributed by atoms with Gasteiger partial charge in [-0.1, -0.05) is 25.3 Å². The van der Waals surface area contributed by atoms with Gasteiger partial charge in [0.05, 0.1) is 5.52 Å². The first kappa shape index (κ1) is 16.3. The number of benzene rings is 3. The van der Waals surface area contributed by atoms with Crippen LogP contribution in [-0.4, -0.2) is 9.97 Å². The van der Waals surface area contributed by atoms with Gasteiger partial charge in [-0.3, -0.25) is 0 Å². The maximum atomic E-state index is 6.08. The minimum atomic E-state index is 0.731. The molecule has 0 unspecified atom stereocenters. The summed E-state index contributed by atoms with van der Waals surface area (Å²) in [7, 11) is 0. The van der Waals surface area contributed by atoms with Gasteiger partial charge in [-0.15, -0.1) is 0 Å². The number of anilines is 2. The molecule has 0 spiro atoms. The van der Waals surface area contributed by atoms with Gasteiger partial charge in [-0.05, 0) is 53.6 Å². The molecule has 5 rings (SSSR count). The topological polar surface area (TPSA) is 83.6 Å². The quantitative estimate of drug-likeness (QED) is 0.300. The molecule has 0 aliphatic carbocycles. The van der Waals surface area contributed by atoms with E-state index in [1.54, 1.807) is 0 Å². The number of fused-ring (bicyclic) bond motifs is 4. The van der Waals surface area contributed by atoms with Crippen LogP contribution in [-0.2, 0) is 0 Å². The van der Waals surface area contributed by atoms with E-state index in [1.165, 1.54) is 0 Å². The molecule has 0 aliphatic heterocycles. The highest BCUT2D eigenvalue weighted by Crippen LogP contribution is 2.42. The van der Waals surface area contributed by atoms with Crippen LogP contribution >= 0.6 is 0 Å². The molecule has 28 heavy (non-hydrogen) atoms. The summed E-state index contributed by atoms with van der Waals surface area (Å²) in [6, 6.07) is 14.0. The van der Waals surface area contributed by atoms with Gasteiger partial charge in [0, 0.05) is 55.9 Å². The van der Waals surface area contributed by atoms with Crippen LogP contribution in [0.15, 0.2) is 61.8 Å². The molecule has 0 fully saturated rings. The number of H-pyrrole nitrogens is 2. The summed E-state index contributed by atoms with van der Waals surface area (Å²) in [5.41, 5.74) is 20.9. The standard InChI is InChI=1S/C24H20N4/c1-3-13-9-19-17-10-15(26)6-8-22(17)28-24(19)23(16(13)4-2)20-12-27-21-7-5-14(25)11-18(20)21/h3-12,27-28H,1-2,25-26H2. The molecule has 4 nitrogen and oxygen atoms in total. The molecule has 0 bridgehead atoms. The Morgan fingerprint density at radius 2 is 1.50 bits per heavy atom. The average Bonchev–Trinajstić information content (AvgIpc) is 3.27. The van der Waals surface area contributed by atoms with Crippen LogP contribution in [0.4, 0.5) is 11.4 Å². The van der Waals surface area contributed by atoms with Crippen molar-refractivity contribution in [3.63, 3.8) is 0 Å². The predicted octanol–water partition coefficient (Wildman–Crippen LogP) is 5.92. The molecule has 6 N–H and O–H groups in total. The number of rotatable bonds is 3. The van der Waals surface area contributed by atoms with E-state index < -0.39 is 0 Å². The van der Waals surface area contributed by atoms with Crippen LogP contribution in [0.3, 0.4) is 0 Å². The van der Waals surface area contributed by atoms with E-state index in [4.69, 9.17) is 11.5 Å². The number of aromatic amines is 2. The highest BCUT2D eigenvalue weighted by molar-refractivity contribution is 6.17. The molecular weight excluding hydrogens is 344 g/mol. The highest BCUT2D eigenvalue weighted by atomic mass is 14.7. The third-order valence-corrected chi connectivity index (χ3v) is 5.39. The smallest absolute Gasteiger partial charge is 0.0551 e. The fourth-order valence-electron chi connectivity index (χ4n) is 4.10. The highest BCUT2D eigenvalue weighted by Gasteiger charge is 2.18. The number of aromatic nitrogens is 2. The van der Waals surface area contributed by atoms with Crippen LogP contribution in [0.5, 0.6) is 0 Å². The van der Waals surface area contributed by atoms with Crippen molar-refractivity contribution in [2.75, 3.05) is 11.5 Å². The van der Waals surface area contributed by atoms with Gasteiger partial charge >= 0.3 is 0 Å². The number of nitrogens with two attached hydrogens (primary N) is 2. The van der Waals surface area contributed by atoms with Crippen molar-refractivity contribution in [1.29, 1.82) is 0 Å². The summed E-state index contributed by atoms with van der Waals surface area (Å²) in [5.74, 6) is 0. The fourth-order valence-corrected chi connectivity index (χ4v) is 4.10. The van der Waals surface area contributed by atoms with E-state index in [2.05, 4.69) is 29.2 Å². The van der Waals surface area contributed by atoms with Gasteiger partial charge < -0.3 is 21.4 Å². The first-order valence-electron chi connectivity index (χ1n) is 9.10. The lowest BCUT2D eigenvalue weighted by Gasteiger charge is -2.12. The van der Waals surface area contributed by atoms with Crippen molar-refractivity contribution in [3.05, 3.63) is 72.9 Å². The molecule has 4 heteroatoms. The Kier molecular flexibility index (Phi) is 3.36. The third-order valence-electron chi connectivity index (χ3n) is 5.39. The van der Waals surface area contributed by atoms with Crippen LogP contribution < -0.4 is 11.5 Å². The monoisotopic (exact) mass is 364 g/mol. The lowest BCUT2D eigenvalue weighted by Crippen LogP contribution is -1.90. The van der Waals surface area contributed by atoms with E-state index in [0.29, 0.717) is 0 Å². The molecule has 0 amide bonds. The zero-order valence-electron chi connectivity index (χ0n) is 15.3. The van der Waals surface area contributed by atoms with Gasteiger partial charge in [0.15, 0.2) is 0 Å². The van der Waals surface area contributed by atoms with Gasteiger partial charge in [-0.25, -0.2) is 0 Å². The first-order chi connectivity index (χ1) is 13.6. The van der Waals surface area contributed by atoms with E-state index in [-0.39, 0.29) is 0 Å². The van der Waals surface area contributed by atoms with Gasteiger partial charge in [0.25, 0.3) is 0 Å². The summed E-state index contributed by atoms with van der Waals surface area (Å²) in [5, 5.41) is 3.27. The molecule has 5 aromatic rings. The minimum absolute atomic E-state index is 0.731. The Balaban J connectivity index is 2.01. The average molecular weight is 364 g/mol. The van der Waals surface area contributed by atoms with E-state index in [9.17, 15) is 0 Å². The first-order valence-corrected chi connectivity index (χ1v) is 9.10. The van der Waals surface area contributed by atoms with Crippen molar-refractivity contribution >= 4 is 56.2 Å². The SMILES string of the molecule is C=Cc1cc2c([nH]c3ccc(N)cc32)c(-c2c[nH]c3ccc(N)cc23)c1C=C. The second-order valence-electron chi connectivity index (χ2n) is 7.02. The number of nitrogens with one attached hydrogen (secondary N) is 2. The van der Waals surface area contributed by atoms with Gasteiger partial charge in [-0.2, -0.15) is 0 Å². The van der Waals surface area contributed by atoms with Crippen LogP contribution in [0.2, 0.25) is 0 Å². The molecule has 0 atom stereocenters. The van der Waals surface area contributed by atoms with Crippen LogP contribution in [0, 0.1) is 0 Å². The Hall–Kier alpha value is -3.92. The predicted molar refractivity (Wildman–Crippen MR) is 122 cm³/mol. The summed E-state index contributed by atoms with van der Waals surface area (Å²) >= 11 is 0. The second kappa shape index (κ2) is 5.79. The van der Waals surface area contributed by atoms with Gasteiger partial charge in [0.2, 0.25) is 0 Å². The molecule has 2 aromatic heterocycles. The minimum Gasteiger partial charge on any atom is -0.399 e. The zero-order chi connectivity index (χ0) is 19.4.